The lowest BCUT2D eigenvalue weighted by Gasteiger charge is -2.41. The fraction of sp³-hybridized carbons (Fsp3) is 0.667. The maximum atomic E-state index is 12.0. The molecule has 0 aliphatic heterocycles. The van der Waals surface area contributed by atoms with Crippen LogP contribution in [-0.4, -0.2) is 33.9 Å². The topological polar surface area (TPSA) is 110 Å². The Labute approximate surface area is 156 Å². The zero-order valence-corrected chi connectivity index (χ0v) is 15.8. The molecular formula is C21H34N2O3. The van der Waals surface area contributed by atoms with Crippen molar-refractivity contribution in [1.82, 2.24) is 0 Å². The van der Waals surface area contributed by atoms with E-state index in [1.807, 2.05) is 30.3 Å². The fourth-order valence-corrected chi connectivity index (χ4v) is 4.26. The minimum absolute atomic E-state index is 0.109. The van der Waals surface area contributed by atoms with Crippen LogP contribution in [0.3, 0.4) is 0 Å². The lowest BCUT2D eigenvalue weighted by Crippen LogP contribution is -2.51. The van der Waals surface area contributed by atoms with Crippen LogP contribution in [0, 0.1) is 11.8 Å². The molecule has 0 heterocycles. The van der Waals surface area contributed by atoms with Crippen molar-refractivity contribution in [3.63, 3.8) is 0 Å². The van der Waals surface area contributed by atoms with Gasteiger partial charge in [0.25, 0.3) is 0 Å². The van der Waals surface area contributed by atoms with Gasteiger partial charge in [-0.2, -0.15) is 0 Å². The van der Waals surface area contributed by atoms with Crippen molar-refractivity contribution in [3.05, 3.63) is 35.9 Å². The summed E-state index contributed by atoms with van der Waals surface area (Å²) in [7, 11) is 0. The average Bonchev–Trinajstić information content (AvgIpc) is 2.62. The summed E-state index contributed by atoms with van der Waals surface area (Å²) >= 11 is 0. The number of aliphatic hydroxyl groups excluding tert-OH is 1. The molecule has 1 aliphatic rings. The second kappa shape index (κ2) is 9.49. The van der Waals surface area contributed by atoms with Gasteiger partial charge in [-0.15, -0.1) is 0 Å². The first-order valence-corrected chi connectivity index (χ1v) is 9.85. The number of hydrogen-bond acceptors (Lipinski definition) is 4. The molecule has 1 aliphatic carbocycles. The second-order valence-corrected chi connectivity index (χ2v) is 7.95. The highest BCUT2D eigenvalue weighted by Gasteiger charge is 2.44. The molecule has 2 rings (SSSR count). The van der Waals surface area contributed by atoms with E-state index < -0.39 is 29.6 Å². The predicted molar refractivity (Wildman–Crippen MR) is 103 cm³/mol. The molecule has 1 aromatic rings. The van der Waals surface area contributed by atoms with Gasteiger partial charge in [0, 0.05) is 6.04 Å². The maximum Gasteiger partial charge on any atom is 0.223 e. The summed E-state index contributed by atoms with van der Waals surface area (Å²) in [6.07, 6.45) is 4.96. The van der Waals surface area contributed by atoms with Crippen molar-refractivity contribution in [2.45, 2.75) is 76.0 Å². The van der Waals surface area contributed by atoms with Gasteiger partial charge in [0.2, 0.25) is 5.91 Å². The van der Waals surface area contributed by atoms with Gasteiger partial charge in [0.05, 0.1) is 17.6 Å². The van der Waals surface area contributed by atoms with Crippen LogP contribution in [0.4, 0.5) is 0 Å². The Balaban J connectivity index is 1.97. The van der Waals surface area contributed by atoms with Gasteiger partial charge < -0.3 is 21.7 Å². The first-order valence-electron chi connectivity index (χ1n) is 9.85. The lowest BCUT2D eigenvalue weighted by molar-refractivity contribution is -0.138. The number of aliphatic hydroxyl groups is 2. The van der Waals surface area contributed by atoms with Crippen LogP contribution >= 0.6 is 0 Å². The van der Waals surface area contributed by atoms with Crippen molar-refractivity contribution >= 4 is 5.91 Å². The van der Waals surface area contributed by atoms with E-state index in [1.165, 1.54) is 0 Å². The van der Waals surface area contributed by atoms with Crippen molar-refractivity contribution in [2.24, 2.45) is 23.3 Å². The molecule has 26 heavy (non-hydrogen) atoms. The van der Waals surface area contributed by atoms with Crippen LogP contribution in [0.5, 0.6) is 0 Å². The van der Waals surface area contributed by atoms with Crippen LogP contribution in [0.15, 0.2) is 30.3 Å². The molecule has 1 amide bonds. The molecule has 1 fully saturated rings. The molecular weight excluding hydrogens is 328 g/mol. The first-order chi connectivity index (χ1) is 12.4. The van der Waals surface area contributed by atoms with E-state index in [9.17, 15) is 15.0 Å². The summed E-state index contributed by atoms with van der Waals surface area (Å²) in [5.74, 6) is -0.701. The Bertz CT molecular complexity index is 556. The number of primary amides is 1. The third-order valence-corrected chi connectivity index (χ3v) is 5.95. The zero-order valence-electron chi connectivity index (χ0n) is 15.8. The Morgan fingerprint density at radius 2 is 1.88 bits per heavy atom. The maximum absolute atomic E-state index is 12.0. The Hall–Kier alpha value is -1.43. The van der Waals surface area contributed by atoms with Crippen LogP contribution in [0.25, 0.3) is 0 Å². The number of carbonyl (C=O) groups is 1. The molecule has 3 atom stereocenters. The second-order valence-electron chi connectivity index (χ2n) is 7.95. The Kier molecular flexibility index (Phi) is 7.62. The standard InChI is InChI=1S/C21H34N2O3/c1-2-6-15-9-11-21(26,12-10-15)17(20(23)25)14-19(24)18(22)13-16-7-4-3-5-8-16/h3-5,7-8,15,17-19,24,26H,2,6,9-14,22H2,1H3,(H2,23,25)/t15?,17-,18+,19+,21?/m1/s1. The van der Waals surface area contributed by atoms with Crippen LogP contribution in [-0.2, 0) is 11.2 Å². The van der Waals surface area contributed by atoms with Crippen molar-refractivity contribution in [2.75, 3.05) is 0 Å². The number of hydrogen-bond donors (Lipinski definition) is 4. The molecule has 6 N–H and O–H groups in total. The van der Waals surface area contributed by atoms with E-state index in [0.29, 0.717) is 25.2 Å². The number of amides is 1. The molecule has 0 radical (unpaired) electrons. The van der Waals surface area contributed by atoms with Crippen LogP contribution in [0.2, 0.25) is 0 Å². The summed E-state index contributed by atoms with van der Waals surface area (Å²) in [5, 5.41) is 21.6. The summed E-state index contributed by atoms with van der Waals surface area (Å²) < 4.78 is 0. The van der Waals surface area contributed by atoms with Crippen molar-refractivity contribution in [1.29, 1.82) is 0 Å². The predicted octanol–water partition coefficient (Wildman–Crippen LogP) is 2.13. The quantitative estimate of drug-likeness (QED) is 0.539. The number of nitrogens with two attached hydrogens (primary N) is 2. The highest BCUT2D eigenvalue weighted by Crippen LogP contribution is 2.40. The summed E-state index contributed by atoms with van der Waals surface area (Å²) in [6, 6.07) is 9.20. The number of rotatable bonds is 9. The van der Waals surface area contributed by atoms with E-state index in [1.54, 1.807) is 0 Å². The highest BCUT2D eigenvalue weighted by atomic mass is 16.3. The van der Waals surface area contributed by atoms with Gasteiger partial charge in [-0.05, 0) is 50.0 Å². The zero-order chi connectivity index (χ0) is 19.2. The lowest BCUT2D eigenvalue weighted by atomic mass is 9.69. The molecule has 0 unspecified atom stereocenters. The molecule has 0 saturated heterocycles. The molecule has 0 bridgehead atoms. The Morgan fingerprint density at radius 3 is 2.42 bits per heavy atom. The fourth-order valence-electron chi connectivity index (χ4n) is 4.26. The van der Waals surface area contributed by atoms with Gasteiger partial charge in [-0.3, -0.25) is 4.79 Å². The average molecular weight is 363 g/mol. The van der Waals surface area contributed by atoms with Crippen LogP contribution < -0.4 is 11.5 Å². The van der Waals surface area contributed by atoms with Gasteiger partial charge in [-0.1, -0.05) is 50.1 Å². The van der Waals surface area contributed by atoms with E-state index in [-0.39, 0.29) is 6.42 Å². The monoisotopic (exact) mass is 362 g/mol. The molecule has 1 aromatic carbocycles. The summed E-state index contributed by atoms with van der Waals surface area (Å²) in [4.78, 5) is 12.0. The third-order valence-electron chi connectivity index (χ3n) is 5.95. The molecule has 0 spiro atoms. The van der Waals surface area contributed by atoms with E-state index in [0.717, 1.165) is 31.2 Å². The smallest absolute Gasteiger partial charge is 0.223 e. The summed E-state index contributed by atoms with van der Waals surface area (Å²) in [6.45, 7) is 2.16. The van der Waals surface area contributed by atoms with E-state index in [2.05, 4.69) is 6.92 Å². The molecule has 1 saturated carbocycles. The van der Waals surface area contributed by atoms with E-state index >= 15 is 0 Å². The number of benzene rings is 1. The summed E-state index contributed by atoms with van der Waals surface area (Å²) in [5.41, 5.74) is 11.7. The van der Waals surface area contributed by atoms with Gasteiger partial charge in [-0.25, -0.2) is 0 Å². The van der Waals surface area contributed by atoms with Gasteiger partial charge >= 0.3 is 0 Å². The Morgan fingerprint density at radius 1 is 1.27 bits per heavy atom. The van der Waals surface area contributed by atoms with Gasteiger partial charge in [0.1, 0.15) is 0 Å². The van der Waals surface area contributed by atoms with E-state index in [4.69, 9.17) is 11.5 Å². The minimum atomic E-state index is -1.12. The van der Waals surface area contributed by atoms with Gasteiger partial charge in [0.15, 0.2) is 0 Å². The largest absolute Gasteiger partial charge is 0.391 e. The first kappa shape index (κ1) is 20.9. The number of carbonyl (C=O) groups excluding carboxylic acids is 1. The highest BCUT2D eigenvalue weighted by molar-refractivity contribution is 5.78. The SMILES string of the molecule is CCCC1CCC(O)([C@H](C[C@H](O)[C@@H](N)Cc2ccccc2)C(N)=O)CC1. The van der Waals surface area contributed by atoms with Crippen LogP contribution in [0.1, 0.15) is 57.4 Å². The normalized spacial score (nSPS) is 26.8. The minimum Gasteiger partial charge on any atom is -0.391 e. The van der Waals surface area contributed by atoms with Crippen molar-refractivity contribution in [3.8, 4) is 0 Å². The third kappa shape index (κ3) is 5.53. The molecule has 5 nitrogen and oxygen atoms in total. The van der Waals surface area contributed by atoms with Crippen molar-refractivity contribution < 1.29 is 15.0 Å². The molecule has 5 heteroatoms. The molecule has 146 valence electrons. The molecule has 0 aromatic heterocycles.